The van der Waals surface area contributed by atoms with E-state index in [1.54, 1.807) is 7.11 Å². The largest absolute Gasteiger partial charge is 0.375 e. The Morgan fingerprint density at radius 1 is 1.31 bits per heavy atom. The predicted octanol–water partition coefficient (Wildman–Crippen LogP) is 2.56. The molecule has 0 aliphatic carbocycles. The third-order valence-electron chi connectivity index (χ3n) is 4.72. The van der Waals surface area contributed by atoms with Crippen molar-refractivity contribution in [2.45, 2.75) is 18.8 Å². The van der Waals surface area contributed by atoms with Crippen LogP contribution >= 0.6 is 0 Å². The molecule has 1 aromatic carbocycles. The summed E-state index contributed by atoms with van der Waals surface area (Å²) in [5.41, 5.74) is 3.17. The molecule has 0 N–H and O–H groups in total. The molecule has 1 amide bonds. The second-order valence-electron chi connectivity index (χ2n) is 6.84. The first-order valence-electron chi connectivity index (χ1n) is 8.96. The molecule has 1 saturated heterocycles. The molecule has 1 aliphatic heterocycles. The second-order valence-corrected chi connectivity index (χ2v) is 6.84. The molecule has 2 heterocycles. The highest BCUT2D eigenvalue weighted by molar-refractivity contribution is 5.77. The van der Waals surface area contributed by atoms with E-state index in [4.69, 9.17) is 9.72 Å². The lowest BCUT2D eigenvalue weighted by Crippen LogP contribution is -2.41. The van der Waals surface area contributed by atoms with E-state index in [-0.39, 0.29) is 18.4 Å². The minimum absolute atomic E-state index is 0.0420. The molecule has 0 radical (unpaired) electrons. The molecule has 1 fully saturated rings. The monoisotopic (exact) mass is 354 g/mol. The van der Waals surface area contributed by atoms with Crippen LogP contribution in [0.1, 0.15) is 24.5 Å². The maximum atomic E-state index is 12.3. The highest BCUT2D eigenvalue weighted by atomic mass is 16.5. The molecular formula is C20H26N4O2. The highest BCUT2D eigenvalue weighted by Crippen LogP contribution is 2.33. The van der Waals surface area contributed by atoms with E-state index in [0.717, 1.165) is 36.2 Å². The van der Waals surface area contributed by atoms with Crippen LogP contribution in [0.25, 0.3) is 11.1 Å². The number of rotatable bonds is 5. The van der Waals surface area contributed by atoms with Gasteiger partial charge in [-0.3, -0.25) is 4.79 Å². The lowest BCUT2D eigenvalue weighted by Gasteiger charge is -2.33. The number of carbonyl (C=O) groups excluding carboxylic acids is 1. The quantitative estimate of drug-likeness (QED) is 0.826. The molecule has 0 bridgehead atoms. The van der Waals surface area contributed by atoms with Gasteiger partial charge in [-0.05, 0) is 18.4 Å². The molecular weight excluding hydrogens is 328 g/mol. The Morgan fingerprint density at radius 3 is 2.77 bits per heavy atom. The standard InChI is InChI=1S/C20H26N4O2/c1-23(2)20-21-12-17(15-8-5-4-6-9-15)19(22-20)16-10-7-11-24(13-16)18(25)14-26-3/h4-6,8-9,12,16H,7,10-11,13-14H2,1-3H3/t16-/m1/s1. The SMILES string of the molecule is COCC(=O)N1CCC[C@@H](c2nc(N(C)C)ncc2-c2ccccc2)C1. The summed E-state index contributed by atoms with van der Waals surface area (Å²) in [5, 5.41) is 0. The molecule has 2 aromatic rings. The zero-order valence-corrected chi connectivity index (χ0v) is 15.7. The van der Waals surface area contributed by atoms with E-state index in [1.165, 1.54) is 0 Å². The van der Waals surface area contributed by atoms with E-state index in [1.807, 2.05) is 48.3 Å². The molecule has 0 spiro atoms. The number of methoxy groups -OCH3 is 1. The molecule has 6 heteroatoms. The normalized spacial score (nSPS) is 17.2. The molecule has 1 aromatic heterocycles. The summed E-state index contributed by atoms with van der Waals surface area (Å²) in [4.78, 5) is 25.4. The fraction of sp³-hybridized carbons (Fsp3) is 0.450. The number of benzene rings is 1. The van der Waals surface area contributed by atoms with Crippen molar-refractivity contribution in [3.8, 4) is 11.1 Å². The number of likely N-dealkylation sites (tertiary alicyclic amines) is 1. The molecule has 0 saturated carbocycles. The van der Waals surface area contributed by atoms with Gasteiger partial charge < -0.3 is 14.5 Å². The lowest BCUT2D eigenvalue weighted by molar-refractivity contribution is -0.136. The molecule has 0 unspecified atom stereocenters. The number of hydrogen-bond acceptors (Lipinski definition) is 5. The Labute approximate surface area is 154 Å². The minimum atomic E-state index is 0.0420. The summed E-state index contributed by atoms with van der Waals surface area (Å²) < 4.78 is 5.02. The summed E-state index contributed by atoms with van der Waals surface area (Å²) in [6.45, 7) is 1.59. The van der Waals surface area contributed by atoms with Crippen molar-refractivity contribution in [3.63, 3.8) is 0 Å². The Morgan fingerprint density at radius 2 is 2.08 bits per heavy atom. The minimum Gasteiger partial charge on any atom is -0.375 e. The number of carbonyl (C=O) groups is 1. The van der Waals surface area contributed by atoms with Gasteiger partial charge >= 0.3 is 0 Å². The van der Waals surface area contributed by atoms with Crippen molar-refractivity contribution < 1.29 is 9.53 Å². The average molecular weight is 354 g/mol. The van der Waals surface area contributed by atoms with Gasteiger partial charge in [-0.15, -0.1) is 0 Å². The van der Waals surface area contributed by atoms with E-state index >= 15 is 0 Å². The number of hydrogen-bond donors (Lipinski definition) is 0. The van der Waals surface area contributed by atoms with Gasteiger partial charge in [0.15, 0.2) is 0 Å². The summed E-state index contributed by atoms with van der Waals surface area (Å²) in [5.74, 6) is 0.932. The second kappa shape index (κ2) is 8.27. The van der Waals surface area contributed by atoms with Crippen molar-refractivity contribution in [3.05, 3.63) is 42.2 Å². The highest BCUT2D eigenvalue weighted by Gasteiger charge is 2.28. The Balaban J connectivity index is 1.96. The van der Waals surface area contributed by atoms with Crippen molar-refractivity contribution >= 4 is 11.9 Å². The number of nitrogens with zero attached hydrogens (tertiary/aromatic N) is 4. The van der Waals surface area contributed by atoms with Crippen LogP contribution in [0, 0.1) is 0 Å². The summed E-state index contributed by atoms with van der Waals surface area (Å²) in [7, 11) is 5.44. The van der Waals surface area contributed by atoms with Crippen molar-refractivity contribution in [2.24, 2.45) is 0 Å². The van der Waals surface area contributed by atoms with Gasteiger partial charge in [-0.2, -0.15) is 0 Å². The molecule has 3 rings (SSSR count). The molecule has 1 atom stereocenters. The maximum absolute atomic E-state index is 12.3. The number of amides is 1. The van der Waals surface area contributed by atoms with Crippen molar-refractivity contribution in [2.75, 3.05) is 45.8 Å². The lowest BCUT2D eigenvalue weighted by atomic mass is 9.90. The topological polar surface area (TPSA) is 58.6 Å². The molecule has 26 heavy (non-hydrogen) atoms. The van der Waals surface area contributed by atoms with Gasteiger partial charge in [0.05, 0.1) is 5.69 Å². The first-order valence-corrected chi connectivity index (χ1v) is 8.96. The summed E-state index contributed by atoms with van der Waals surface area (Å²) in [6.07, 6.45) is 3.89. The average Bonchev–Trinajstić information content (AvgIpc) is 2.68. The van der Waals surface area contributed by atoms with Gasteiger partial charge in [0, 0.05) is 52.0 Å². The first kappa shape index (κ1) is 18.3. The number of piperidine rings is 1. The van der Waals surface area contributed by atoms with Gasteiger partial charge in [0.25, 0.3) is 0 Å². The number of ether oxygens (including phenoxy) is 1. The third-order valence-corrected chi connectivity index (χ3v) is 4.72. The van der Waals surface area contributed by atoms with Gasteiger partial charge in [-0.25, -0.2) is 9.97 Å². The van der Waals surface area contributed by atoms with Gasteiger partial charge in [0.2, 0.25) is 11.9 Å². The predicted molar refractivity (Wildman–Crippen MR) is 102 cm³/mol. The van der Waals surface area contributed by atoms with Crippen molar-refractivity contribution in [1.82, 2.24) is 14.9 Å². The first-order chi connectivity index (χ1) is 12.6. The van der Waals surface area contributed by atoms with Crippen LogP contribution in [-0.2, 0) is 9.53 Å². The van der Waals surface area contributed by atoms with E-state index in [2.05, 4.69) is 17.1 Å². The van der Waals surface area contributed by atoms with Crippen LogP contribution in [0.3, 0.4) is 0 Å². The third kappa shape index (κ3) is 4.02. The smallest absolute Gasteiger partial charge is 0.248 e. The zero-order chi connectivity index (χ0) is 18.5. The molecule has 1 aliphatic rings. The van der Waals surface area contributed by atoms with Crippen LogP contribution in [0.5, 0.6) is 0 Å². The Bertz CT molecular complexity index is 749. The summed E-state index contributed by atoms with van der Waals surface area (Å²) >= 11 is 0. The van der Waals surface area contributed by atoms with Crippen LogP contribution in [0.15, 0.2) is 36.5 Å². The van der Waals surface area contributed by atoms with Crippen LogP contribution in [0.2, 0.25) is 0 Å². The van der Waals surface area contributed by atoms with Crippen molar-refractivity contribution in [1.29, 1.82) is 0 Å². The number of aromatic nitrogens is 2. The summed E-state index contributed by atoms with van der Waals surface area (Å²) in [6, 6.07) is 10.2. The fourth-order valence-corrected chi connectivity index (χ4v) is 3.39. The van der Waals surface area contributed by atoms with Gasteiger partial charge in [-0.1, -0.05) is 30.3 Å². The molecule has 6 nitrogen and oxygen atoms in total. The maximum Gasteiger partial charge on any atom is 0.248 e. The van der Waals surface area contributed by atoms with E-state index in [0.29, 0.717) is 12.5 Å². The molecule has 138 valence electrons. The van der Waals surface area contributed by atoms with E-state index < -0.39 is 0 Å². The number of anilines is 1. The van der Waals surface area contributed by atoms with Crippen LogP contribution < -0.4 is 4.90 Å². The Hall–Kier alpha value is -2.47. The zero-order valence-electron chi connectivity index (χ0n) is 15.7. The fourth-order valence-electron chi connectivity index (χ4n) is 3.39. The Kier molecular flexibility index (Phi) is 5.83. The van der Waals surface area contributed by atoms with Crippen LogP contribution in [-0.4, -0.2) is 61.7 Å². The van der Waals surface area contributed by atoms with Crippen LogP contribution in [0.4, 0.5) is 5.95 Å². The van der Waals surface area contributed by atoms with E-state index in [9.17, 15) is 4.79 Å². The van der Waals surface area contributed by atoms with Gasteiger partial charge in [0.1, 0.15) is 6.61 Å².